The first-order valence-electron chi connectivity index (χ1n) is 9.37. The number of carbonyl (C=O) groups excluding carboxylic acids is 2. The van der Waals surface area contributed by atoms with Crippen LogP contribution in [0.3, 0.4) is 0 Å². The summed E-state index contributed by atoms with van der Waals surface area (Å²) in [6.07, 6.45) is -2.14. The predicted octanol–water partition coefficient (Wildman–Crippen LogP) is 2.88. The van der Waals surface area contributed by atoms with E-state index >= 15 is 0 Å². The molecule has 1 aromatic carbocycles. The Balaban J connectivity index is 1.83. The summed E-state index contributed by atoms with van der Waals surface area (Å²) >= 11 is 6.07. The molecule has 1 aromatic rings. The van der Waals surface area contributed by atoms with Gasteiger partial charge >= 0.3 is 12.1 Å². The maximum atomic E-state index is 12.6. The summed E-state index contributed by atoms with van der Waals surface area (Å²) in [6.45, 7) is 1.14. The first-order valence-corrected chi connectivity index (χ1v) is 9.74. The summed E-state index contributed by atoms with van der Waals surface area (Å²) in [4.78, 5) is 33.8. The van der Waals surface area contributed by atoms with Crippen LogP contribution in [0.1, 0.15) is 36.0 Å². The molecule has 1 heterocycles. The molecular weight excluding hydrogens is 445 g/mol. The summed E-state index contributed by atoms with van der Waals surface area (Å²) in [7, 11) is 0. The monoisotopic (exact) mass is 466 g/mol. The second-order valence-electron chi connectivity index (χ2n) is 6.58. The minimum Gasteiger partial charge on any atom is -0.493 e. The van der Waals surface area contributed by atoms with Gasteiger partial charge in [0.2, 0.25) is 0 Å². The number of likely N-dealkylation sites (tertiary alicyclic amines) is 1. The molecule has 3 N–H and O–H groups in total. The largest absolute Gasteiger partial charge is 0.493 e. The highest BCUT2D eigenvalue weighted by Crippen LogP contribution is 2.23. The van der Waals surface area contributed by atoms with Crippen molar-refractivity contribution >= 4 is 29.4 Å². The third-order valence-electron chi connectivity index (χ3n) is 4.12. The number of halogens is 4. The Morgan fingerprint density at radius 2 is 1.84 bits per heavy atom. The molecule has 2 rings (SSSR count). The molecular formula is C18H22ClF3N4O5. The zero-order valence-electron chi connectivity index (χ0n) is 16.4. The van der Waals surface area contributed by atoms with Gasteiger partial charge in [-0.15, -0.1) is 0 Å². The average Bonchev–Trinajstić information content (AvgIpc) is 2.71. The van der Waals surface area contributed by atoms with Crippen molar-refractivity contribution in [3.05, 3.63) is 28.8 Å². The molecule has 0 spiro atoms. The fourth-order valence-corrected chi connectivity index (χ4v) is 2.94. The van der Waals surface area contributed by atoms with E-state index in [1.807, 2.05) is 0 Å². The molecule has 31 heavy (non-hydrogen) atoms. The molecule has 1 fully saturated rings. The van der Waals surface area contributed by atoms with Gasteiger partial charge in [-0.3, -0.25) is 10.2 Å². The van der Waals surface area contributed by atoms with Crippen LogP contribution in [-0.4, -0.2) is 60.4 Å². The number of carbonyl (C=O) groups is 2. The zero-order chi connectivity index (χ0) is 23.0. The Morgan fingerprint density at radius 1 is 1.16 bits per heavy atom. The predicted molar refractivity (Wildman–Crippen MR) is 103 cm³/mol. The first kappa shape index (κ1) is 24.5. The number of guanidine groups is 1. The topological polar surface area (TPSA) is 118 Å². The first-order chi connectivity index (χ1) is 14.6. The van der Waals surface area contributed by atoms with Gasteiger partial charge in [0.05, 0.1) is 13.2 Å². The Kier molecular flexibility index (Phi) is 8.75. The fraction of sp³-hybridized carbons (Fsp3) is 0.500. The lowest BCUT2D eigenvalue weighted by Gasteiger charge is -2.27. The van der Waals surface area contributed by atoms with E-state index in [1.165, 1.54) is 6.07 Å². The number of hydrogen-bond acceptors (Lipinski definition) is 6. The molecule has 0 radical (unpaired) electrons. The number of piperidine rings is 1. The minimum atomic E-state index is -5.27. The molecule has 172 valence electrons. The van der Waals surface area contributed by atoms with Crippen molar-refractivity contribution in [3.8, 4) is 5.75 Å². The Bertz CT molecular complexity index is 803. The van der Waals surface area contributed by atoms with E-state index in [1.54, 1.807) is 17.0 Å². The number of ether oxygens (including phenoxy) is 1. The smallest absolute Gasteiger partial charge is 0.493 e. The lowest BCUT2D eigenvalue weighted by Crippen LogP contribution is -2.42. The van der Waals surface area contributed by atoms with Crippen molar-refractivity contribution < 1.29 is 37.2 Å². The second-order valence-corrected chi connectivity index (χ2v) is 7.02. The van der Waals surface area contributed by atoms with Crippen LogP contribution in [0, 0.1) is 5.41 Å². The number of rotatable bonds is 7. The van der Waals surface area contributed by atoms with Crippen LogP contribution in [0.5, 0.6) is 5.75 Å². The van der Waals surface area contributed by atoms with Gasteiger partial charge in [-0.1, -0.05) is 11.6 Å². The Labute approximate surface area is 181 Å². The summed E-state index contributed by atoms with van der Waals surface area (Å²) in [5.41, 5.74) is 5.41. The Morgan fingerprint density at radius 3 is 2.45 bits per heavy atom. The molecule has 1 amide bonds. The zero-order valence-corrected chi connectivity index (χ0v) is 17.2. The molecule has 0 aliphatic carbocycles. The van der Waals surface area contributed by atoms with Crippen LogP contribution in [0.25, 0.3) is 0 Å². The quantitative estimate of drug-likeness (QED) is 0.274. The van der Waals surface area contributed by atoms with Crippen LogP contribution in [0.15, 0.2) is 18.2 Å². The summed E-state index contributed by atoms with van der Waals surface area (Å²) in [5, 5.41) is 7.27. The fourth-order valence-electron chi connectivity index (χ4n) is 2.72. The normalized spacial score (nSPS) is 14.1. The SMILES string of the molecule is N=C(N)N(OCCCOc1cc(Cl)cc(C(=O)N2CCCCC2)c1)OC(=O)C(F)(F)F. The number of amides is 1. The average molecular weight is 467 g/mol. The van der Waals surface area contributed by atoms with Crippen molar-refractivity contribution in [1.82, 2.24) is 10.1 Å². The van der Waals surface area contributed by atoms with Gasteiger partial charge in [0, 0.05) is 30.1 Å². The van der Waals surface area contributed by atoms with Gasteiger partial charge in [0.15, 0.2) is 0 Å². The molecule has 0 unspecified atom stereocenters. The third kappa shape index (κ3) is 7.79. The van der Waals surface area contributed by atoms with Gasteiger partial charge in [0.1, 0.15) is 5.75 Å². The molecule has 1 aliphatic rings. The van der Waals surface area contributed by atoms with E-state index in [-0.39, 0.29) is 30.8 Å². The highest BCUT2D eigenvalue weighted by atomic mass is 35.5. The van der Waals surface area contributed by atoms with Gasteiger partial charge in [-0.2, -0.15) is 13.2 Å². The molecule has 0 saturated carbocycles. The van der Waals surface area contributed by atoms with Crippen LogP contribution in [-0.2, 0) is 14.5 Å². The maximum Gasteiger partial charge on any atom is 0.493 e. The summed E-state index contributed by atoms with van der Waals surface area (Å²) < 4.78 is 42.2. The highest BCUT2D eigenvalue weighted by molar-refractivity contribution is 6.31. The molecule has 9 nitrogen and oxygen atoms in total. The molecule has 0 bridgehead atoms. The van der Waals surface area contributed by atoms with Crippen molar-refractivity contribution in [2.45, 2.75) is 31.9 Å². The van der Waals surface area contributed by atoms with Gasteiger partial charge in [-0.05, 0) is 42.7 Å². The van der Waals surface area contributed by atoms with Gasteiger partial charge in [-0.25, -0.2) is 9.63 Å². The van der Waals surface area contributed by atoms with Crippen molar-refractivity contribution in [3.63, 3.8) is 0 Å². The van der Waals surface area contributed by atoms with E-state index in [4.69, 9.17) is 32.3 Å². The summed E-state index contributed by atoms with van der Waals surface area (Å²) in [5.74, 6) is -3.43. The van der Waals surface area contributed by atoms with E-state index in [0.29, 0.717) is 29.4 Å². The van der Waals surface area contributed by atoms with Crippen LogP contribution < -0.4 is 10.5 Å². The van der Waals surface area contributed by atoms with Crippen LogP contribution in [0.4, 0.5) is 13.2 Å². The molecule has 13 heteroatoms. The molecule has 1 aliphatic heterocycles. The van der Waals surface area contributed by atoms with Crippen LogP contribution in [0.2, 0.25) is 5.02 Å². The van der Waals surface area contributed by atoms with E-state index in [9.17, 15) is 22.8 Å². The lowest BCUT2D eigenvalue weighted by molar-refractivity contribution is -0.317. The molecule has 0 atom stereocenters. The molecule has 0 aromatic heterocycles. The Hall–Kier alpha value is -2.73. The minimum absolute atomic E-state index is 0.0383. The van der Waals surface area contributed by atoms with Crippen molar-refractivity contribution in [2.24, 2.45) is 5.73 Å². The maximum absolute atomic E-state index is 12.6. The van der Waals surface area contributed by atoms with Crippen LogP contribution >= 0.6 is 11.6 Å². The van der Waals surface area contributed by atoms with Gasteiger partial charge in [0.25, 0.3) is 11.9 Å². The molecule has 1 saturated heterocycles. The van der Waals surface area contributed by atoms with E-state index < -0.39 is 18.1 Å². The number of benzene rings is 1. The number of hydrogen-bond donors (Lipinski definition) is 2. The lowest BCUT2D eigenvalue weighted by atomic mass is 10.1. The van der Waals surface area contributed by atoms with Gasteiger partial charge < -0.3 is 20.2 Å². The highest BCUT2D eigenvalue weighted by Gasteiger charge is 2.43. The standard InChI is InChI=1S/C18H22ClF3N4O5/c19-13-9-12(15(27)25-5-2-1-3-6-25)10-14(11-13)29-7-4-8-30-26(17(23)24)31-16(28)18(20,21)22/h9-11H,1-8H2,(H3,23,24). The number of alkyl halides is 3. The van der Waals surface area contributed by atoms with E-state index in [0.717, 1.165) is 19.3 Å². The number of nitrogens with zero attached hydrogens (tertiary/aromatic N) is 2. The van der Waals surface area contributed by atoms with Crippen molar-refractivity contribution in [1.29, 1.82) is 5.41 Å². The number of nitrogens with two attached hydrogens (primary N) is 1. The number of nitrogens with one attached hydrogen (secondary N) is 1. The second kappa shape index (κ2) is 11.0. The van der Waals surface area contributed by atoms with Crippen molar-refractivity contribution in [2.75, 3.05) is 26.3 Å². The third-order valence-corrected chi connectivity index (χ3v) is 4.34. The summed E-state index contributed by atoms with van der Waals surface area (Å²) in [6, 6.07) is 4.62. The van der Waals surface area contributed by atoms with E-state index in [2.05, 4.69) is 4.84 Å². The number of hydroxylamine groups is 2.